The van der Waals surface area contributed by atoms with E-state index in [1.54, 1.807) is 6.20 Å². The molecule has 82 valence electrons. The van der Waals surface area contributed by atoms with E-state index in [0.29, 0.717) is 0 Å². The summed E-state index contributed by atoms with van der Waals surface area (Å²) in [5.41, 5.74) is 4.81. The number of thiocarbonyl (C=S) groups is 1. The molecule has 0 saturated heterocycles. The van der Waals surface area contributed by atoms with E-state index >= 15 is 0 Å². The molecular formula is C9H13N3OS2. The highest BCUT2D eigenvalue weighted by molar-refractivity contribution is 7.80. The lowest BCUT2D eigenvalue weighted by Crippen LogP contribution is -2.42. The quantitative estimate of drug-likeness (QED) is 0.779. The summed E-state index contributed by atoms with van der Waals surface area (Å²) in [6, 6.07) is 0. The molecule has 0 unspecified atom stereocenters. The van der Waals surface area contributed by atoms with Gasteiger partial charge in [-0.15, -0.1) is 11.3 Å². The zero-order valence-electron chi connectivity index (χ0n) is 8.61. The Morgan fingerprint density at radius 1 is 1.73 bits per heavy atom. The molecule has 4 nitrogen and oxygen atoms in total. The number of nitrogens with two attached hydrogens (primary N) is 1. The maximum atomic E-state index is 11.5. The number of thiazole rings is 1. The highest BCUT2D eigenvalue weighted by Gasteiger charge is 2.25. The molecule has 1 heterocycles. The Labute approximate surface area is 97.9 Å². The van der Waals surface area contributed by atoms with Gasteiger partial charge < -0.3 is 11.1 Å². The van der Waals surface area contributed by atoms with Crippen LogP contribution in [0.5, 0.6) is 0 Å². The second-order valence-electron chi connectivity index (χ2n) is 3.65. The normalized spacial score (nSPS) is 11.1. The van der Waals surface area contributed by atoms with Crippen LogP contribution in [0.3, 0.4) is 0 Å². The molecule has 1 aromatic heterocycles. The van der Waals surface area contributed by atoms with Crippen molar-refractivity contribution in [2.45, 2.75) is 25.8 Å². The van der Waals surface area contributed by atoms with Gasteiger partial charge in [0.15, 0.2) is 0 Å². The fraction of sp³-hybridized carbons (Fsp3) is 0.444. The van der Waals surface area contributed by atoms with E-state index in [-0.39, 0.29) is 17.3 Å². The molecule has 15 heavy (non-hydrogen) atoms. The Bertz CT molecular complexity index is 359. The third-order valence-electron chi connectivity index (χ3n) is 1.75. The third kappa shape index (κ3) is 3.56. The van der Waals surface area contributed by atoms with Crippen LogP contribution in [0.1, 0.15) is 25.3 Å². The van der Waals surface area contributed by atoms with Gasteiger partial charge in [0.2, 0.25) is 5.91 Å². The Balaban J connectivity index is 2.64. The van der Waals surface area contributed by atoms with E-state index in [1.165, 1.54) is 11.3 Å². The molecule has 3 N–H and O–H groups in total. The number of amides is 1. The summed E-state index contributed by atoms with van der Waals surface area (Å²) < 4.78 is 0. The second-order valence-corrected chi connectivity index (χ2v) is 5.07. The van der Waals surface area contributed by atoms with Crippen molar-refractivity contribution in [2.24, 2.45) is 5.73 Å². The summed E-state index contributed by atoms with van der Waals surface area (Å²) in [5.74, 6) is -0.178. The summed E-state index contributed by atoms with van der Waals surface area (Å²) >= 11 is 6.17. The standard InChI is InChI=1S/C9H13N3OS2/c1-9(2,8-11-3-4-15-8)12-7(13)5-6(10)14/h3-4H,5H2,1-2H3,(H2,10,14)(H,12,13). The molecule has 0 aliphatic rings. The van der Waals surface area contributed by atoms with Crippen LogP contribution in [-0.4, -0.2) is 15.9 Å². The predicted octanol–water partition coefficient (Wildman–Crippen LogP) is 1.17. The summed E-state index contributed by atoms with van der Waals surface area (Å²) in [4.78, 5) is 15.8. The molecule has 1 aromatic rings. The lowest BCUT2D eigenvalue weighted by molar-refractivity contribution is -0.121. The van der Waals surface area contributed by atoms with Gasteiger partial charge in [-0.2, -0.15) is 0 Å². The van der Waals surface area contributed by atoms with Gasteiger partial charge in [0.1, 0.15) is 5.01 Å². The zero-order valence-corrected chi connectivity index (χ0v) is 10.2. The second kappa shape index (κ2) is 4.67. The maximum absolute atomic E-state index is 11.5. The summed E-state index contributed by atoms with van der Waals surface area (Å²) in [6.45, 7) is 3.78. The van der Waals surface area contributed by atoms with Crippen molar-refractivity contribution in [2.75, 3.05) is 0 Å². The van der Waals surface area contributed by atoms with E-state index in [9.17, 15) is 4.79 Å². The number of nitrogens with one attached hydrogen (secondary N) is 1. The average molecular weight is 243 g/mol. The van der Waals surface area contributed by atoms with Gasteiger partial charge in [-0.05, 0) is 13.8 Å². The average Bonchev–Trinajstić information content (AvgIpc) is 2.51. The number of rotatable bonds is 4. The molecule has 0 aliphatic carbocycles. The van der Waals surface area contributed by atoms with Gasteiger partial charge in [0.25, 0.3) is 0 Å². The lowest BCUT2D eigenvalue weighted by atomic mass is 10.1. The predicted molar refractivity (Wildman–Crippen MR) is 64.7 cm³/mol. The molecule has 0 saturated carbocycles. The van der Waals surface area contributed by atoms with E-state index in [2.05, 4.69) is 22.5 Å². The molecule has 0 aromatic carbocycles. The van der Waals surface area contributed by atoms with Crippen molar-refractivity contribution in [3.63, 3.8) is 0 Å². The SMILES string of the molecule is CC(C)(NC(=O)CC(N)=S)c1nccs1. The van der Waals surface area contributed by atoms with Crippen molar-refractivity contribution in [3.05, 3.63) is 16.6 Å². The largest absolute Gasteiger partial charge is 0.393 e. The minimum atomic E-state index is -0.476. The molecule has 0 atom stereocenters. The van der Waals surface area contributed by atoms with Crippen molar-refractivity contribution >= 4 is 34.5 Å². The number of hydrogen-bond acceptors (Lipinski definition) is 4. The van der Waals surface area contributed by atoms with E-state index in [4.69, 9.17) is 5.73 Å². The molecule has 0 radical (unpaired) electrons. The summed E-state index contributed by atoms with van der Waals surface area (Å²) in [7, 11) is 0. The first-order valence-electron chi connectivity index (χ1n) is 4.41. The van der Waals surface area contributed by atoms with E-state index < -0.39 is 5.54 Å². The monoisotopic (exact) mass is 243 g/mol. The number of carbonyl (C=O) groups excluding carboxylic acids is 1. The van der Waals surface area contributed by atoms with Crippen LogP contribution in [0.25, 0.3) is 0 Å². The minimum Gasteiger partial charge on any atom is -0.393 e. The Hall–Kier alpha value is -1.01. The van der Waals surface area contributed by atoms with Crippen LogP contribution in [0.2, 0.25) is 0 Å². The molecule has 1 amide bonds. The summed E-state index contributed by atoms with van der Waals surface area (Å²) in [6.07, 6.45) is 1.78. The number of carbonyl (C=O) groups is 1. The first-order valence-corrected chi connectivity index (χ1v) is 5.70. The molecular weight excluding hydrogens is 230 g/mol. The van der Waals surface area contributed by atoms with Crippen LogP contribution in [0.15, 0.2) is 11.6 Å². The van der Waals surface area contributed by atoms with Crippen molar-refractivity contribution < 1.29 is 4.79 Å². The Morgan fingerprint density at radius 2 is 2.40 bits per heavy atom. The van der Waals surface area contributed by atoms with Gasteiger partial charge in [0, 0.05) is 11.6 Å². The van der Waals surface area contributed by atoms with Crippen LogP contribution >= 0.6 is 23.6 Å². The number of aromatic nitrogens is 1. The molecule has 6 heteroatoms. The van der Waals surface area contributed by atoms with Crippen molar-refractivity contribution in [3.8, 4) is 0 Å². The number of hydrogen-bond donors (Lipinski definition) is 2. The van der Waals surface area contributed by atoms with E-state index in [0.717, 1.165) is 5.01 Å². The highest BCUT2D eigenvalue weighted by Crippen LogP contribution is 2.21. The first-order chi connectivity index (χ1) is 6.92. The van der Waals surface area contributed by atoms with Crippen LogP contribution in [-0.2, 0) is 10.3 Å². The molecule has 0 aliphatic heterocycles. The molecule has 0 spiro atoms. The van der Waals surface area contributed by atoms with Gasteiger partial charge in [-0.25, -0.2) is 4.98 Å². The first kappa shape index (κ1) is 12.1. The number of nitrogens with zero attached hydrogens (tertiary/aromatic N) is 1. The van der Waals surface area contributed by atoms with Crippen LogP contribution < -0.4 is 11.1 Å². The topological polar surface area (TPSA) is 68.0 Å². The fourth-order valence-electron chi connectivity index (χ4n) is 1.14. The Kier molecular flexibility index (Phi) is 3.76. The zero-order chi connectivity index (χ0) is 11.5. The van der Waals surface area contributed by atoms with Gasteiger partial charge in [-0.1, -0.05) is 12.2 Å². The maximum Gasteiger partial charge on any atom is 0.227 e. The molecule has 0 bridgehead atoms. The fourth-order valence-corrected chi connectivity index (χ4v) is 1.99. The highest BCUT2D eigenvalue weighted by atomic mass is 32.1. The molecule has 0 fully saturated rings. The van der Waals surface area contributed by atoms with Gasteiger partial charge in [-0.3, -0.25) is 4.79 Å². The van der Waals surface area contributed by atoms with Crippen molar-refractivity contribution in [1.29, 1.82) is 0 Å². The lowest BCUT2D eigenvalue weighted by Gasteiger charge is -2.23. The van der Waals surface area contributed by atoms with Crippen molar-refractivity contribution in [1.82, 2.24) is 10.3 Å². The smallest absolute Gasteiger partial charge is 0.227 e. The van der Waals surface area contributed by atoms with Crippen LogP contribution in [0.4, 0.5) is 0 Å². The van der Waals surface area contributed by atoms with Crippen LogP contribution in [0, 0.1) is 0 Å². The minimum absolute atomic E-state index is 0.0736. The van der Waals surface area contributed by atoms with E-state index in [1.807, 2.05) is 19.2 Å². The molecule has 1 rings (SSSR count). The summed E-state index contributed by atoms with van der Waals surface area (Å²) in [5, 5.41) is 5.56. The van der Waals surface area contributed by atoms with Gasteiger partial charge in [0.05, 0.1) is 16.9 Å². The third-order valence-corrected chi connectivity index (χ3v) is 2.99. The van der Waals surface area contributed by atoms with Gasteiger partial charge >= 0.3 is 0 Å². The Morgan fingerprint density at radius 3 is 2.87 bits per heavy atom.